The Morgan fingerprint density at radius 2 is 2.14 bits per heavy atom. The summed E-state index contributed by atoms with van der Waals surface area (Å²) in [4.78, 5) is 25.6. The van der Waals surface area contributed by atoms with Crippen molar-refractivity contribution in [2.24, 2.45) is 0 Å². The van der Waals surface area contributed by atoms with Gasteiger partial charge in [0, 0.05) is 6.20 Å². The molecule has 2 rings (SSSR count). The van der Waals surface area contributed by atoms with Crippen molar-refractivity contribution in [2.75, 3.05) is 6.61 Å². The second-order valence-corrected chi connectivity index (χ2v) is 5.43. The molecule has 1 aromatic heterocycles. The van der Waals surface area contributed by atoms with Crippen LogP contribution in [0.3, 0.4) is 0 Å². The van der Waals surface area contributed by atoms with E-state index in [1.807, 2.05) is 22.6 Å². The molecule has 116 valence electrons. The van der Waals surface area contributed by atoms with Crippen LogP contribution in [0.1, 0.15) is 11.8 Å². The minimum Gasteiger partial charge on any atom is -0.394 e. The van der Waals surface area contributed by atoms with E-state index in [1.54, 1.807) is 0 Å². The van der Waals surface area contributed by atoms with Gasteiger partial charge in [0.05, 0.1) is 17.2 Å². The zero-order valence-electron chi connectivity index (χ0n) is 10.4. The zero-order valence-corrected chi connectivity index (χ0v) is 13.4. The molecule has 1 aromatic rings. The summed E-state index contributed by atoms with van der Waals surface area (Å²) >= 11 is 7.70. The Balaban J connectivity index is 2.50. The molecule has 0 unspecified atom stereocenters. The predicted molar refractivity (Wildman–Crippen MR) is 82.2 cm³/mol. The Bertz CT molecular complexity index is 671. The molecule has 0 aromatic carbocycles. The minimum atomic E-state index is -1.43. The molecular formula is C11H12ClIN2O6. The molecule has 1 aliphatic rings. The maximum atomic E-state index is 11.8. The number of aliphatic hydroxyl groups is 3. The maximum absolute atomic E-state index is 11.8. The summed E-state index contributed by atoms with van der Waals surface area (Å²) in [6, 6.07) is 0. The van der Waals surface area contributed by atoms with Crippen molar-refractivity contribution in [1.29, 1.82) is 0 Å². The molecule has 4 N–H and O–H groups in total. The summed E-state index contributed by atoms with van der Waals surface area (Å²) in [6.45, 7) is -0.520. The first-order valence-electron chi connectivity index (χ1n) is 5.85. The Kier molecular flexibility index (Phi) is 5.22. The van der Waals surface area contributed by atoms with Gasteiger partial charge in [-0.25, -0.2) is 4.79 Å². The lowest BCUT2D eigenvalue weighted by Gasteiger charge is -2.17. The van der Waals surface area contributed by atoms with Crippen LogP contribution in [0.25, 0.3) is 5.03 Å². The first kappa shape index (κ1) is 16.6. The van der Waals surface area contributed by atoms with Crippen LogP contribution >= 0.6 is 34.2 Å². The van der Waals surface area contributed by atoms with Gasteiger partial charge >= 0.3 is 5.69 Å². The lowest BCUT2D eigenvalue weighted by molar-refractivity contribution is -0.0550. The molecule has 2 heterocycles. The fourth-order valence-corrected chi connectivity index (χ4v) is 2.48. The lowest BCUT2D eigenvalue weighted by Crippen LogP contribution is -2.38. The van der Waals surface area contributed by atoms with Crippen LogP contribution < -0.4 is 11.2 Å². The van der Waals surface area contributed by atoms with E-state index in [-0.39, 0.29) is 10.6 Å². The summed E-state index contributed by atoms with van der Waals surface area (Å²) in [5.41, 5.74) is -1.49. The Hall–Kier alpha value is -0.720. The molecule has 0 saturated carbocycles. The van der Waals surface area contributed by atoms with Crippen LogP contribution in [0.5, 0.6) is 0 Å². The van der Waals surface area contributed by atoms with Gasteiger partial charge in [0.25, 0.3) is 5.56 Å². The van der Waals surface area contributed by atoms with E-state index in [0.29, 0.717) is 0 Å². The fraction of sp³-hybridized carbons (Fsp3) is 0.455. The first-order valence-corrected chi connectivity index (χ1v) is 7.47. The second-order valence-electron chi connectivity index (χ2n) is 4.40. The van der Waals surface area contributed by atoms with E-state index in [9.17, 15) is 19.8 Å². The van der Waals surface area contributed by atoms with Crippen LogP contribution in [0, 0.1) is 0 Å². The number of aromatic amines is 1. The molecule has 4 atom stereocenters. The average molecular weight is 431 g/mol. The van der Waals surface area contributed by atoms with E-state index in [4.69, 9.17) is 21.4 Å². The Morgan fingerprint density at radius 3 is 2.67 bits per heavy atom. The van der Waals surface area contributed by atoms with E-state index in [1.165, 1.54) is 4.08 Å². The SMILES string of the molecule is O=c1[nH]c(=O)n([C@@H]2O[C@H](CO)[C@@H](O)[C@H]2O)cc1/C(Cl)=C\I. The molecule has 1 aliphatic heterocycles. The largest absolute Gasteiger partial charge is 0.394 e. The van der Waals surface area contributed by atoms with Gasteiger partial charge in [-0.15, -0.1) is 0 Å². The number of ether oxygens (including phenoxy) is 1. The van der Waals surface area contributed by atoms with Crippen LogP contribution in [0.15, 0.2) is 19.9 Å². The highest BCUT2D eigenvalue weighted by molar-refractivity contribution is 14.1. The van der Waals surface area contributed by atoms with Gasteiger partial charge < -0.3 is 20.1 Å². The average Bonchev–Trinajstić information content (AvgIpc) is 2.74. The Labute approximate surface area is 136 Å². The van der Waals surface area contributed by atoms with Crippen LogP contribution in [0.4, 0.5) is 0 Å². The molecule has 0 bridgehead atoms. The molecule has 1 fully saturated rings. The summed E-state index contributed by atoms with van der Waals surface area (Å²) in [5, 5.41) is 28.8. The number of hydrogen-bond donors (Lipinski definition) is 4. The van der Waals surface area contributed by atoms with Crippen molar-refractivity contribution >= 4 is 39.2 Å². The van der Waals surface area contributed by atoms with Gasteiger partial charge in [-0.3, -0.25) is 14.3 Å². The highest BCUT2D eigenvalue weighted by Crippen LogP contribution is 2.28. The summed E-state index contributed by atoms with van der Waals surface area (Å²) < 4.78 is 7.60. The number of rotatable bonds is 3. The minimum absolute atomic E-state index is 0.0170. The third-order valence-corrected chi connectivity index (χ3v) is 4.42. The summed E-state index contributed by atoms with van der Waals surface area (Å²) in [7, 11) is 0. The fourth-order valence-electron chi connectivity index (χ4n) is 2.01. The molecule has 0 spiro atoms. The third kappa shape index (κ3) is 3.07. The van der Waals surface area contributed by atoms with Gasteiger partial charge in [0.2, 0.25) is 0 Å². The van der Waals surface area contributed by atoms with Crippen LogP contribution in [-0.4, -0.2) is 49.8 Å². The lowest BCUT2D eigenvalue weighted by atomic mass is 10.1. The number of nitrogens with zero attached hydrogens (tertiary/aromatic N) is 1. The molecule has 8 nitrogen and oxygen atoms in total. The first-order chi connectivity index (χ1) is 9.90. The molecule has 0 radical (unpaired) electrons. The Morgan fingerprint density at radius 1 is 1.48 bits per heavy atom. The van der Waals surface area contributed by atoms with E-state index in [0.717, 1.165) is 10.8 Å². The zero-order chi connectivity index (χ0) is 15.7. The number of H-pyrrole nitrogens is 1. The summed E-state index contributed by atoms with van der Waals surface area (Å²) in [5.74, 6) is 0. The van der Waals surface area contributed by atoms with E-state index < -0.39 is 42.4 Å². The van der Waals surface area contributed by atoms with Crippen molar-refractivity contribution in [3.8, 4) is 0 Å². The van der Waals surface area contributed by atoms with Crippen molar-refractivity contribution in [3.05, 3.63) is 36.7 Å². The highest BCUT2D eigenvalue weighted by atomic mass is 127. The second kappa shape index (κ2) is 6.58. The third-order valence-electron chi connectivity index (χ3n) is 3.11. The number of hydrogen-bond acceptors (Lipinski definition) is 6. The van der Waals surface area contributed by atoms with Crippen molar-refractivity contribution in [3.63, 3.8) is 0 Å². The molecule has 0 aliphatic carbocycles. The van der Waals surface area contributed by atoms with Crippen molar-refractivity contribution in [2.45, 2.75) is 24.5 Å². The number of aliphatic hydroxyl groups excluding tert-OH is 3. The molecule has 0 amide bonds. The quantitative estimate of drug-likeness (QED) is 0.462. The van der Waals surface area contributed by atoms with Crippen molar-refractivity contribution in [1.82, 2.24) is 9.55 Å². The standard InChI is InChI=1S/C11H12ClIN2O6/c12-5(1-13)4-2-15(11(20)14-9(4)19)10-8(18)7(17)6(3-16)21-10/h1-2,6-8,10,16-18H,3H2,(H,14,19,20)/b5-1+/t6-,7-,8-,10-/m1/s1. The normalized spacial score (nSPS) is 29.9. The van der Waals surface area contributed by atoms with E-state index >= 15 is 0 Å². The van der Waals surface area contributed by atoms with E-state index in [2.05, 4.69) is 4.98 Å². The van der Waals surface area contributed by atoms with Crippen molar-refractivity contribution < 1.29 is 20.1 Å². The number of halogens is 2. The monoisotopic (exact) mass is 430 g/mol. The molecular weight excluding hydrogens is 418 g/mol. The molecule has 10 heteroatoms. The van der Waals surface area contributed by atoms with Crippen LogP contribution in [-0.2, 0) is 4.74 Å². The van der Waals surface area contributed by atoms with Gasteiger partial charge in [-0.1, -0.05) is 34.2 Å². The summed E-state index contributed by atoms with van der Waals surface area (Å²) in [6.07, 6.45) is -3.90. The molecule has 1 saturated heterocycles. The van der Waals surface area contributed by atoms with Gasteiger partial charge in [0.15, 0.2) is 6.23 Å². The highest BCUT2D eigenvalue weighted by Gasteiger charge is 2.43. The van der Waals surface area contributed by atoms with Gasteiger partial charge in [-0.2, -0.15) is 0 Å². The van der Waals surface area contributed by atoms with Gasteiger partial charge in [0.1, 0.15) is 18.3 Å². The topological polar surface area (TPSA) is 125 Å². The predicted octanol–water partition coefficient (Wildman–Crippen LogP) is -0.880. The smallest absolute Gasteiger partial charge is 0.330 e. The molecule has 21 heavy (non-hydrogen) atoms. The van der Waals surface area contributed by atoms with Crippen LogP contribution in [0.2, 0.25) is 0 Å². The number of aromatic nitrogens is 2. The maximum Gasteiger partial charge on any atom is 0.330 e. The number of nitrogens with one attached hydrogen (secondary N) is 1. The van der Waals surface area contributed by atoms with Gasteiger partial charge in [-0.05, 0) is 4.08 Å².